The third kappa shape index (κ3) is 2.76. The summed E-state index contributed by atoms with van der Waals surface area (Å²) in [6.07, 6.45) is -0.490. The van der Waals surface area contributed by atoms with E-state index in [2.05, 4.69) is 5.32 Å². The minimum Gasteiger partial charge on any atom is -0.386 e. The number of para-hydroxylation sites is 1. The quantitative estimate of drug-likeness (QED) is 0.874. The zero-order valence-electron chi connectivity index (χ0n) is 8.56. The fourth-order valence-electron chi connectivity index (χ4n) is 1.39. The van der Waals surface area contributed by atoms with Crippen molar-refractivity contribution in [3.63, 3.8) is 0 Å². The molecule has 2 N–H and O–H groups in total. The Morgan fingerprint density at radius 3 is 2.75 bits per heavy atom. The van der Waals surface area contributed by atoms with E-state index in [1.807, 2.05) is 41.8 Å². The molecular formula is C12H12ClNOS. The predicted molar refractivity (Wildman–Crippen MR) is 69.2 cm³/mol. The van der Waals surface area contributed by atoms with Crippen molar-refractivity contribution in [2.24, 2.45) is 0 Å². The van der Waals surface area contributed by atoms with Crippen LogP contribution in [0.5, 0.6) is 0 Å². The number of hydrogen-bond donors (Lipinski definition) is 2. The van der Waals surface area contributed by atoms with E-state index in [0.717, 1.165) is 10.6 Å². The average molecular weight is 254 g/mol. The molecule has 1 aromatic heterocycles. The van der Waals surface area contributed by atoms with Gasteiger partial charge in [-0.2, -0.15) is 0 Å². The van der Waals surface area contributed by atoms with Gasteiger partial charge in [-0.1, -0.05) is 29.8 Å². The molecule has 0 saturated carbocycles. The molecule has 1 aromatic carbocycles. The molecule has 2 rings (SSSR count). The van der Waals surface area contributed by atoms with Gasteiger partial charge in [0, 0.05) is 11.4 Å². The molecule has 0 amide bonds. The summed E-state index contributed by atoms with van der Waals surface area (Å²) in [5, 5.41) is 15.6. The number of aliphatic hydroxyl groups excluding tert-OH is 1. The van der Waals surface area contributed by atoms with Crippen LogP contribution < -0.4 is 5.32 Å². The van der Waals surface area contributed by atoms with E-state index in [4.69, 9.17) is 11.6 Å². The number of thiophene rings is 1. The maximum Gasteiger partial charge on any atom is 0.105 e. The minimum absolute atomic E-state index is 0.463. The van der Waals surface area contributed by atoms with Crippen LogP contribution in [0.3, 0.4) is 0 Å². The second-order valence-electron chi connectivity index (χ2n) is 3.39. The molecule has 1 atom stereocenters. The van der Waals surface area contributed by atoms with Crippen LogP contribution in [0.25, 0.3) is 0 Å². The van der Waals surface area contributed by atoms with Crippen molar-refractivity contribution >= 4 is 28.6 Å². The number of aliphatic hydroxyl groups is 1. The summed E-state index contributed by atoms with van der Waals surface area (Å²) < 4.78 is 0. The van der Waals surface area contributed by atoms with Crippen LogP contribution in [-0.2, 0) is 0 Å². The third-order valence-corrected chi connectivity index (χ3v) is 3.53. The lowest BCUT2D eigenvalue weighted by atomic mass is 10.2. The Morgan fingerprint density at radius 2 is 2.06 bits per heavy atom. The van der Waals surface area contributed by atoms with E-state index in [0.29, 0.717) is 11.6 Å². The van der Waals surface area contributed by atoms with Crippen molar-refractivity contribution in [1.82, 2.24) is 0 Å². The van der Waals surface area contributed by atoms with Crippen LogP contribution in [0.1, 0.15) is 11.0 Å². The Bertz CT molecular complexity index is 444. The Labute approximate surface area is 104 Å². The van der Waals surface area contributed by atoms with Gasteiger partial charge in [-0.05, 0) is 23.6 Å². The normalized spacial score (nSPS) is 12.4. The third-order valence-electron chi connectivity index (χ3n) is 2.23. The monoisotopic (exact) mass is 253 g/mol. The van der Waals surface area contributed by atoms with Crippen LogP contribution in [0.2, 0.25) is 5.02 Å². The number of nitrogens with one attached hydrogen (secondary N) is 1. The second kappa shape index (κ2) is 5.34. The molecule has 0 fully saturated rings. The Morgan fingerprint density at radius 1 is 1.25 bits per heavy atom. The van der Waals surface area contributed by atoms with Crippen LogP contribution in [0, 0.1) is 0 Å². The Balaban J connectivity index is 1.95. The van der Waals surface area contributed by atoms with Crippen molar-refractivity contribution in [2.45, 2.75) is 6.10 Å². The molecule has 2 aromatic rings. The van der Waals surface area contributed by atoms with E-state index in [9.17, 15) is 5.11 Å². The molecule has 2 nitrogen and oxygen atoms in total. The van der Waals surface area contributed by atoms with E-state index in [1.54, 1.807) is 11.3 Å². The van der Waals surface area contributed by atoms with Gasteiger partial charge in [0.1, 0.15) is 6.10 Å². The highest BCUT2D eigenvalue weighted by atomic mass is 35.5. The predicted octanol–water partition coefficient (Wildman–Crippen LogP) is 3.55. The highest BCUT2D eigenvalue weighted by molar-refractivity contribution is 7.10. The maximum atomic E-state index is 9.87. The Kier molecular flexibility index (Phi) is 3.83. The van der Waals surface area contributed by atoms with Crippen LogP contribution in [0.15, 0.2) is 41.8 Å². The number of halogens is 1. The number of hydrogen-bond acceptors (Lipinski definition) is 3. The van der Waals surface area contributed by atoms with Crippen molar-refractivity contribution < 1.29 is 5.11 Å². The molecular weight excluding hydrogens is 242 g/mol. The number of rotatable bonds is 4. The van der Waals surface area contributed by atoms with Crippen molar-refractivity contribution in [1.29, 1.82) is 0 Å². The molecule has 4 heteroatoms. The summed E-state index contributed by atoms with van der Waals surface area (Å²) in [5.74, 6) is 0. The lowest BCUT2D eigenvalue weighted by Crippen LogP contribution is -2.11. The van der Waals surface area contributed by atoms with Crippen molar-refractivity contribution in [3.8, 4) is 0 Å². The zero-order chi connectivity index (χ0) is 11.4. The highest BCUT2D eigenvalue weighted by Crippen LogP contribution is 2.23. The van der Waals surface area contributed by atoms with E-state index < -0.39 is 6.10 Å². The first-order valence-corrected chi connectivity index (χ1v) is 6.23. The van der Waals surface area contributed by atoms with Gasteiger partial charge in [-0.25, -0.2) is 0 Å². The molecule has 0 aliphatic carbocycles. The molecule has 1 heterocycles. The average Bonchev–Trinajstić information content (AvgIpc) is 2.81. The molecule has 0 aliphatic heterocycles. The van der Waals surface area contributed by atoms with Crippen LogP contribution >= 0.6 is 22.9 Å². The molecule has 0 spiro atoms. The number of anilines is 1. The first-order chi connectivity index (χ1) is 7.77. The van der Waals surface area contributed by atoms with Gasteiger partial charge in [-0.3, -0.25) is 0 Å². The summed E-state index contributed by atoms with van der Waals surface area (Å²) >= 11 is 7.54. The molecule has 84 valence electrons. The summed E-state index contributed by atoms with van der Waals surface area (Å²) in [6.45, 7) is 0.463. The van der Waals surface area contributed by atoms with Gasteiger partial charge >= 0.3 is 0 Å². The molecule has 0 bridgehead atoms. The second-order valence-corrected chi connectivity index (χ2v) is 4.78. The minimum atomic E-state index is -0.490. The van der Waals surface area contributed by atoms with Gasteiger partial charge in [0.2, 0.25) is 0 Å². The highest BCUT2D eigenvalue weighted by Gasteiger charge is 2.08. The molecule has 1 unspecified atom stereocenters. The van der Waals surface area contributed by atoms with Gasteiger partial charge < -0.3 is 10.4 Å². The van der Waals surface area contributed by atoms with Crippen molar-refractivity contribution in [2.75, 3.05) is 11.9 Å². The number of benzene rings is 1. The van der Waals surface area contributed by atoms with Gasteiger partial charge in [0.15, 0.2) is 0 Å². The molecule has 16 heavy (non-hydrogen) atoms. The SMILES string of the molecule is OC(CNc1ccccc1Cl)c1cccs1. The lowest BCUT2D eigenvalue weighted by Gasteiger charge is -2.12. The first-order valence-electron chi connectivity index (χ1n) is 4.97. The van der Waals surface area contributed by atoms with Crippen LogP contribution in [0.4, 0.5) is 5.69 Å². The summed E-state index contributed by atoms with van der Waals surface area (Å²) in [6, 6.07) is 11.3. The molecule has 0 radical (unpaired) electrons. The standard InChI is InChI=1S/C12H12ClNOS/c13-9-4-1-2-5-10(9)14-8-11(15)12-6-3-7-16-12/h1-7,11,14-15H,8H2. The van der Waals surface area contributed by atoms with E-state index >= 15 is 0 Å². The summed E-state index contributed by atoms with van der Waals surface area (Å²) in [5.41, 5.74) is 0.847. The topological polar surface area (TPSA) is 32.3 Å². The van der Waals surface area contributed by atoms with Crippen molar-refractivity contribution in [3.05, 3.63) is 51.7 Å². The summed E-state index contributed by atoms with van der Waals surface area (Å²) in [7, 11) is 0. The fraction of sp³-hybridized carbons (Fsp3) is 0.167. The van der Waals surface area contributed by atoms with Gasteiger partial charge in [0.05, 0.1) is 10.7 Å². The molecule has 0 aliphatic rings. The fourth-order valence-corrected chi connectivity index (χ4v) is 2.31. The van der Waals surface area contributed by atoms with Gasteiger partial charge in [-0.15, -0.1) is 11.3 Å². The molecule has 0 saturated heterocycles. The Hall–Kier alpha value is -1.03. The van der Waals surface area contributed by atoms with E-state index in [-0.39, 0.29) is 0 Å². The van der Waals surface area contributed by atoms with Crippen LogP contribution in [-0.4, -0.2) is 11.7 Å². The smallest absolute Gasteiger partial charge is 0.105 e. The van der Waals surface area contributed by atoms with Gasteiger partial charge in [0.25, 0.3) is 0 Å². The summed E-state index contributed by atoms with van der Waals surface area (Å²) in [4.78, 5) is 0.958. The first kappa shape index (κ1) is 11.5. The zero-order valence-corrected chi connectivity index (χ0v) is 10.1. The largest absolute Gasteiger partial charge is 0.386 e. The lowest BCUT2D eigenvalue weighted by molar-refractivity contribution is 0.195. The van der Waals surface area contributed by atoms with E-state index in [1.165, 1.54) is 0 Å². The maximum absolute atomic E-state index is 9.87.